The van der Waals surface area contributed by atoms with Gasteiger partial charge in [0.15, 0.2) is 6.29 Å². The molecule has 5 aliphatic rings. The second-order valence-electron chi connectivity index (χ2n) is 19.4. The number of aliphatic hydroxyl groups excluding tert-OH is 3. The Morgan fingerprint density at radius 1 is 0.808 bits per heavy atom. The number of hydrogen-bond donors (Lipinski definition) is 3. The van der Waals surface area contributed by atoms with E-state index in [0.717, 1.165) is 73.5 Å². The molecule has 0 aromatic carbocycles. The summed E-state index contributed by atoms with van der Waals surface area (Å²) in [4.78, 5) is 0. The third kappa shape index (κ3) is 9.71. The number of rotatable bonds is 20. The number of fused-ring (bicyclic) bond motifs is 5. The second kappa shape index (κ2) is 19.6. The van der Waals surface area contributed by atoms with E-state index < -0.39 is 30.7 Å². The first-order valence-corrected chi connectivity index (χ1v) is 22.6. The molecule has 4 fully saturated rings. The number of unbranched alkanes of at least 4 members (excludes halogenated alkanes) is 8. The summed E-state index contributed by atoms with van der Waals surface area (Å²) >= 11 is 0. The van der Waals surface area contributed by atoms with Gasteiger partial charge in [-0.05, 0) is 116 Å². The average Bonchev–Trinajstić information content (AvgIpc) is 3.49. The molecular formula is C46H82O6. The molecule has 0 unspecified atom stereocenters. The molecule has 6 heteroatoms. The van der Waals surface area contributed by atoms with Gasteiger partial charge in [-0.25, -0.2) is 0 Å². The van der Waals surface area contributed by atoms with Crippen LogP contribution in [0.3, 0.4) is 0 Å². The fourth-order valence-corrected chi connectivity index (χ4v) is 12.5. The first kappa shape index (κ1) is 42.6. The van der Waals surface area contributed by atoms with E-state index in [0.29, 0.717) is 12.0 Å². The summed E-state index contributed by atoms with van der Waals surface area (Å²) in [5, 5.41) is 32.4. The highest BCUT2D eigenvalue weighted by Crippen LogP contribution is 2.67. The van der Waals surface area contributed by atoms with E-state index in [1.54, 1.807) is 5.57 Å². The summed E-state index contributed by atoms with van der Waals surface area (Å²) in [7, 11) is 0. The molecule has 4 aliphatic carbocycles. The Morgan fingerprint density at radius 3 is 2.21 bits per heavy atom. The minimum absolute atomic E-state index is 0.0649. The van der Waals surface area contributed by atoms with Crippen LogP contribution in [0.25, 0.3) is 0 Å². The van der Waals surface area contributed by atoms with E-state index in [2.05, 4.69) is 54.5 Å². The molecule has 5 rings (SSSR count). The summed E-state index contributed by atoms with van der Waals surface area (Å²) in [6.07, 6.45) is 22.1. The van der Waals surface area contributed by atoms with Gasteiger partial charge in [0.2, 0.25) is 0 Å². The number of aliphatic hydroxyl groups is 3. The molecule has 3 saturated carbocycles. The van der Waals surface area contributed by atoms with Gasteiger partial charge < -0.3 is 29.5 Å². The van der Waals surface area contributed by atoms with Crippen molar-refractivity contribution in [2.75, 3.05) is 13.2 Å². The molecule has 1 saturated heterocycles. The van der Waals surface area contributed by atoms with Gasteiger partial charge in [0.1, 0.15) is 24.4 Å². The van der Waals surface area contributed by atoms with E-state index in [1.807, 2.05) is 0 Å². The van der Waals surface area contributed by atoms with E-state index >= 15 is 0 Å². The Kier molecular flexibility index (Phi) is 16.1. The van der Waals surface area contributed by atoms with Crippen LogP contribution < -0.4 is 0 Å². The number of hydrogen-bond acceptors (Lipinski definition) is 6. The molecule has 1 aliphatic heterocycles. The van der Waals surface area contributed by atoms with Crippen LogP contribution in [-0.4, -0.2) is 65.3 Å². The third-order valence-corrected chi connectivity index (χ3v) is 15.9. The molecule has 0 aromatic rings. The Labute approximate surface area is 319 Å². The lowest BCUT2D eigenvalue weighted by molar-refractivity contribution is -0.314. The average molecular weight is 731 g/mol. The van der Waals surface area contributed by atoms with Gasteiger partial charge in [-0.2, -0.15) is 0 Å². The zero-order valence-corrected chi connectivity index (χ0v) is 34.7. The van der Waals surface area contributed by atoms with E-state index in [-0.39, 0.29) is 18.1 Å². The van der Waals surface area contributed by atoms with E-state index in [4.69, 9.17) is 14.2 Å². The first-order valence-electron chi connectivity index (χ1n) is 22.6. The van der Waals surface area contributed by atoms with Crippen molar-refractivity contribution in [3.05, 3.63) is 11.6 Å². The minimum Gasteiger partial charge on any atom is -0.387 e. The molecule has 0 bridgehead atoms. The van der Waals surface area contributed by atoms with E-state index in [9.17, 15) is 15.3 Å². The van der Waals surface area contributed by atoms with Crippen LogP contribution in [0.2, 0.25) is 0 Å². The van der Waals surface area contributed by atoms with Crippen LogP contribution in [0.1, 0.15) is 177 Å². The van der Waals surface area contributed by atoms with Crippen LogP contribution in [-0.2, 0) is 14.2 Å². The molecule has 0 spiro atoms. The fourth-order valence-electron chi connectivity index (χ4n) is 12.5. The van der Waals surface area contributed by atoms with Gasteiger partial charge in [-0.3, -0.25) is 0 Å². The lowest BCUT2D eigenvalue weighted by atomic mass is 9.47. The first-order chi connectivity index (χ1) is 24.9. The molecule has 0 radical (unpaired) electrons. The Bertz CT molecular complexity index is 1090. The summed E-state index contributed by atoms with van der Waals surface area (Å²) in [5.41, 5.74) is 2.24. The zero-order chi connectivity index (χ0) is 37.5. The maximum atomic E-state index is 10.9. The van der Waals surface area contributed by atoms with Crippen LogP contribution in [0, 0.1) is 52.3 Å². The van der Waals surface area contributed by atoms with Crippen LogP contribution in [0.4, 0.5) is 0 Å². The van der Waals surface area contributed by atoms with Gasteiger partial charge in [0, 0.05) is 6.61 Å². The van der Waals surface area contributed by atoms with Gasteiger partial charge in [-0.1, -0.05) is 124 Å². The summed E-state index contributed by atoms with van der Waals surface area (Å²) in [5.74, 6) is 5.71. The van der Waals surface area contributed by atoms with Crippen molar-refractivity contribution in [1.82, 2.24) is 0 Å². The summed E-state index contributed by atoms with van der Waals surface area (Å²) in [6, 6.07) is 0. The zero-order valence-electron chi connectivity index (χ0n) is 34.7. The molecule has 6 nitrogen and oxygen atoms in total. The minimum atomic E-state index is -1.32. The van der Waals surface area contributed by atoms with Gasteiger partial charge in [-0.15, -0.1) is 0 Å². The number of ether oxygens (including phenoxy) is 3. The van der Waals surface area contributed by atoms with Crippen molar-refractivity contribution >= 4 is 0 Å². The van der Waals surface area contributed by atoms with Gasteiger partial charge in [0.05, 0.1) is 12.7 Å². The van der Waals surface area contributed by atoms with Crippen LogP contribution in [0.15, 0.2) is 11.6 Å². The van der Waals surface area contributed by atoms with Crippen molar-refractivity contribution in [3.8, 4) is 0 Å². The summed E-state index contributed by atoms with van der Waals surface area (Å²) < 4.78 is 18.5. The van der Waals surface area contributed by atoms with Gasteiger partial charge in [0.25, 0.3) is 0 Å². The van der Waals surface area contributed by atoms with Crippen molar-refractivity contribution in [2.24, 2.45) is 52.3 Å². The number of allylic oxidation sites excluding steroid dienone is 1. The van der Waals surface area contributed by atoms with Crippen molar-refractivity contribution in [2.45, 2.75) is 214 Å². The molecule has 3 N–H and O–H groups in total. The standard InChI is InChI=1S/C46H82O6/c1-8-10-11-12-13-14-15-16-17-28-50-30-40-41(47)42(48)43(49)44(52-40)51-35-24-26-45(6)34(29-35)20-21-36-38-23-22-37(46(38,7)27-25-39(36)45)32(5)18-19-33(9-2)31(3)4/h20,31-33,35-44,47-49H,8-19,21-30H2,1-7H3/t32-,33-,35+,36+,37-,38+,39+,40-,41-,42+,43-,44-,45+,46-/m1/s1. The predicted octanol–water partition coefficient (Wildman–Crippen LogP) is 10.4. The quantitative estimate of drug-likeness (QED) is 0.0854. The molecule has 1 heterocycles. The van der Waals surface area contributed by atoms with Crippen LogP contribution in [0.5, 0.6) is 0 Å². The van der Waals surface area contributed by atoms with Crippen LogP contribution >= 0.6 is 0 Å². The fraction of sp³-hybridized carbons (Fsp3) is 0.957. The molecular weight excluding hydrogens is 649 g/mol. The predicted molar refractivity (Wildman–Crippen MR) is 212 cm³/mol. The Balaban J connectivity index is 1.10. The molecule has 0 amide bonds. The third-order valence-electron chi connectivity index (χ3n) is 15.9. The lowest BCUT2D eigenvalue weighted by Gasteiger charge is -2.58. The Morgan fingerprint density at radius 2 is 1.52 bits per heavy atom. The highest BCUT2D eigenvalue weighted by Gasteiger charge is 2.59. The summed E-state index contributed by atoms with van der Waals surface area (Å²) in [6.45, 7) is 18.1. The molecule has 302 valence electrons. The largest absolute Gasteiger partial charge is 0.387 e. The molecule has 14 atom stereocenters. The lowest BCUT2D eigenvalue weighted by Crippen LogP contribution is -2.60. The SMILES string of the molecule is CCCCCCCCCCCOC[C@H]1O[C@@H](O[C@H]2CC[C@@]3(C)C(=CC[C@H]4[C@@H]5CC[C@H]([C@H](C)CC[C@@H](CC)C(C)C)[C@@]5(C)CC[C@@H]43)C2)[C@H](O)[C@@H](O)[C@@H]1O. The van der Waals surface area contributed by atoms with Crippen molar-refractivity contribution in [1.29, 1.82) is 0 Å². The smallest absolute Gasteiger partial charge is 0.186 e. The topological polar surface area (TPSA) is 88.4 Å². The van der Waals surface area contributed by atoms with Crippen molar-refractivity contribution in [3.63, 3.8) is 0 Å². The molecule has 0 aromatic heterocycles. The highest BCUT2D eigenvalue weighted by atomic mass is 16.7. The second-order valence-corrected chi connectivity index (χ2v) is 19.4. The van der Waals surface area contributed by atoms with E-state index in [1.165, 1.54) is 96.3 Å². The van der Waals surface area contributed by atoms with Crippen molar-refractivity contribution < 1.29 is 29.5 Å². The van der Waals surface area contributed by atoms with Gasteiger partial charge >= 0.3 is 0 Å². The monoisotopic (exact) mass is 731 g/mol. The maximum absolute atomic E-state index is 10.9. The highest BCUT2D eigenvalue weighted by molar-refractivity contribution is 5.25. The normalized spacial score (nSPS) is 40.2. The maximum Gasteiger partial charge on any atom is 0.186 e. The Hall–Kier alpha value is -0.500. The molecule has 52 heavy (non-hydrogen) atoms.